The Morgan fingerprint density at radius 1 is 1.19 bits per heavy atom. The number of ether oxygens (including phenoxy) is 1. The molecule has 0 saturated carbocycles. The van der Waals surface area contributed by atoms with Crippen molar-refractivity contribution in [3.8, 4) is 0 Å². The van der Waals surface area contributed by atoms with Crippen LogP contribution in [-0.4, -0.2) is 29.1 Å². The van der Waals surface area contributed by atoms with E-state index in [4.69, 9.17) is 20.9 Å². The predicted molar refractivity (Wildman–Crippen MR) is 97.5 cm³/mol. The summed E-state index contributed by atoms with van der Waals surface area (Å²) in [6.45, 7) is 0.352. The number of esters is 1. The van der Waals surface area contributed by atoms with Gasteiger partial charge in [-0.25, -0.2) is 4.79 Å². The van der Waals surface area contributed by atoms with Gasteiger partial charge in [0.15, 0.2) is 5.82 Å². The fourth-order valence-corrected chi connectivity index (χ4v) is 2.58. The first-order valence-corrected chi connectivity index (χ1v) is 8.46. The lowest BCUT2D eigenvalue weighted by atomic mass is 10.1. The van der Waals surface area contributed by atoms with Crippen molar-refractivity contribution >= 4 is 23.5 Å². The lowest BCUT2D eigenvalue weighted by molar-refractivity contribution is 0.0600. The summed E-state index contributed by atoms with van der Waals surface area (Å²) in [5.41, 5.74) is 1.94. The van der Waals surface area contributed by atoms with E-state index in [-0.39, 0.29) is 18.1 Å². The van der Waals surface area contributed by atoms with E-state index in [0.717, 1.165) is 5.56 Å². The van der Waals surface area contributed by atoms with Gasteiger partial charge in [0.2, 0.25) is 0 Å². The second-order valence-electron chi connectivity index (χ2n) is 5.66. The predicted octanol–water partition coefficient (Wildman–Crippen LogP) is 3.03. The van der Waals surface area contributed by atoms with Crippen LogP contribution in [0.15, 0.2) is 53.1 Å². The molecule has 3 aromatic rings. The normalized spacial score (nSPS) is 10.4. The van der Waals surface area contributed by atoms with Gasteiger partial charge in [0.05, 0.1) is 12.7 Å². The summed E-state index contributed by atoms with van der Waals surface area (Å²) in [5, 5.41) is 6.96. The largest absolute Gasteiger partial charge is 0.465 e. The standard InChI is InChI=1S/C19H16ClN3O4/c1-26-19(25)13-7-8-15(20)14(9-13)10-16-22-18(27-23-16)17(24)21-11-12-5-3-2-4-6-12/h2-9H,10-11H2,1H3,(H,21,24). The van der Waals surface area contributed by atoms with Crippen LogP contribution in [0.4, 0.5) is 0 Å². The lowest BCUT2D eigenvalue weighted by Gasteiger charge is -2.04. The molecule has 3 rings (SSSR count). The number of aromatic nitrogens is 2. The minimum atomic E-state index is -0.470. The van der Waals surface area contributed by atoms with Crippen molar-refractivity contribution in [3.63, 3.8) is 0 Å². The molecule has 1 N–H and O–H groups in total. The Bertz CT molecular complexity index is 957. The summed E-state index contributed by atoms with van der Waals surface area (Å²) in [7, 11) is 1.30. The molecular formula is C19H16ClN3O4. The van der Waals surface area contributed by atoms with Gasteiger partial charge in [-0.2, -0.15) is 4.98 Å². The molecule has 0 fully saturated rings. The topological polar surface area (TPSA) is 94.3 Å². The van der Waals surface area contributed by atoms with Crippen LogP contribution in [0.2, 0.25) is 5.02 Å². The van der Waals surface area contributed by atoms with E-state index in [1.807, 2.05) is 30.3 Å². The molecule has 1 heterocycles. The number of rotatable bonds is 6. The summed E-state index contributed by atoms with van der Waals surface area (Å²) in [6.07, 6.45) is 0.207. The van der Waals surface area contributed by atoms with Gasteiger partial charge >= 0.3 is 17.8 Å². The Morgan fingerprint density at radius 2 is 1.96 bits per heavy atom. The second kappa shape index (κ2) is 8.46. The van der Waals surface area contributed by atoms with Gasteiger partial charge < -0.3 is 14.6 Å². The van der Waals surface area contributed by atoms with E-state index in [1.165, 1.54) is 7.11 Å². The maximum Gasteiger partial charge on any atom is 0.337 e. The summed E-state index contributed by atoms with van der Waals surface area (Å²) in [6, 6.07) is 14.2. The number of methoxy groups -OCH3 is 1. The average molecular weight is 386 g/mol. The number of hydrogen-bond donors (Lipinski definition) is 1. The maximum absolute atomic E-state index is 12.1. The summed E-state index contributed by atoms with van der Waals surface area (Å²) in [4.78, 5) is 27.9. The van der Waals surface area contributed by atoms with Gasteiger partial charge in [-0.3, -0.25) is 4.79 Å². The molecule has 0 aliphatic rings. The molecule has 7 nitrogen and oxygen atoms in total. The molecule has 0 aliphatic heterocycles. The molecule has 138 valence electrons. The maximum atomic E-state index is 12.1. The summed E-state index contributed by atoms with van der Waals surface area (Å²) < 4.78 is 9.71. The molecule has 0 aliphatic carbocycles. The summed E-state index contributed by atoms with van der Waals surface area (Å²) >= 11 is 6.16. The average Bonchev–Trinajstić information content (AvgIpc) is 3.16. The zero-order valence-electron chi connectivity index (χ0n) is 14.4. The molecule has 0 spiro atoms. The van der Waals surface area contributed by atoms with E-state index in [0.29, 0.717) is 22.7 Å². The van der Waals surface area contributed by atoms with Crippen molar-refractivity contribution in [1.29, 1.82) is 0 Å². The highest BCUT2D eigenvalue weighted by Crippen LogP contribution is 2.20. The number of halogens is 1. The number of nitrogens with zero attached hydrogens (tertiary/aromatic N) is 2. The molecule has 0 saturated heterocycles. The zero-order valence-corrected chi connectivity index (χ0v) is 15.2. The van der Waals surface area contributed by atoms with Crippen molar-refractivity contribution in [3.05, 3.63) is 82.0 Å². The monoisotopic (exact) mass is 385 g/mol. The third kappa shape index (κ3) is 4.71. The van der Waals surface area contributed by atoms with Crippen LogP contribution in [0, 0.1) is 0 Å². The molecule has 1 amide bonds. The molecular weight excluding hydrogens is 370 g/mol. The van der Waals surface area contributed by atoms with Crippen molar-refractivity contribution in [2.45, 2.75) is 13.0 Å². The van der Waals surface area contributed by atoms with Gasteiger partial charge in [0, 0.05) is 18.0 Å². The Hall–Kier alpha value is -3.19. The van der Waals surface area contributed by atoms with E-state index >= 15 is 0 Å². The van der Waals surface area contributed by atoms with Crippen LogP contribution in [0.25, 0.3) is 0 Å². The fraction of sp³-hybridized carbons (Fsp3) is 0.158. The number of carbonyl (C=O) groups is 2. The first-order chi connectivity index (χ1) is 13.1. The Labute approximate surface area is 160 Å². The van der Waals surface area contributed by atoms with Gasteiger partial charge in [-0.05, 0) is 29.3 Å². The smallest absolute Gasteiger partial charge is 0.337 e. The van der Waals surface area contributed by atoms with Crippen LogP contribution < -0.4 is 5.32 Å². The molecule has 0 bridgehead atoms. The Balaban J connectivity index is 1.67. The fourth-order valence-electron chi connectivity index (χ4n) is 2.40. The first kappa shape index (κ1) is 18.6. The number of benzene rings is 2. The van der Waals surface area contributed by atoms with Crippen molar-refractivity contribution in [1.82, 2.24) is 15.5 Å². The van der Waals surface area contributed by atoms with Gasteiger partial charge in [0.25, 0.3) is 0 Å². The van der Waals surface area contributed by atoms with Gasteiger partial charge in [-0.1, -0.05) is 47.1 Å². The second-order valence-corrected chi connectivity index (χ2v) is 6.07. The Kier molecular flexibility index (Phi) is 5.83. The van der Waals surface area contributed by atoms with E-state index in [9.17, 15) is 9.59 Å². The van der Waals surface area contributed by atoms with Crippen LogP contribution in [0.1, 0.15) is 38.0 Å². The molecule has 0 radical (unpaired) electrons. The highest BCUT2D eigenvalue weighted by Gasteiger charge is 2.17. The van der Waals surface area contributed by atoms with E-state index in [2.05, 4.69) is 15.5 Å². The highest BCUT2D eigenvalue weighted by molar-refractivity contribution is 6.31. The number of hydrogen-bond acceptors (Lipinski definition) is 6. The Morgan fingerprint density at radius 3 is 2.70 bits per heavy atom. The zero-order chi connectivity index (χ0) is 19.2. The van der Waals surface area contributed by atoms with Crippen LogP contribution in [0.5, 0.6) is 0 Å². The molecule has 0 atom stereocenters. The van der Waals surface area contributed by atoms with E-state index < -0.39 is 11.9 Å². The number of amides is 1. The van der Waals surface area contributed by atoms with Crippen LogP contribution in [-0.2, 0) is 17.7 Å². The third-order valence-corrected chi connectivity index (χ3v) is 4.14. The third-order valence-electron chi connectivity index (χ3n) is 3.77. The quantitative estimate of drug-likeness (QED) is 0.655. The number of nitrogens with one attached hydrogen (secondary N) is 1. The summed E-state index contributed by atoms with van der Waals surface area (Å²) in [5.74, 6) is -0.793. The molecule has 0 unspecified atom stereocenters. The SMILES string of the molecule is COC(=O)c1ccc(Cl)c(Cc2noc(C(=O)NCc3ccccc3)n2)c1. The van der Waals surface area contributed by atoms with E-state index in [1.54, 1.807) is 18.2 Å². The molecule has 27 heavy (non-hydrogen) atoms. The van der Waals surface area contributed by atoms with Crippen molar-refractivity contribution < 1.29 is 18.8 Å². The molecule has 8 heteroatoms. The van der Waals surface area contributed by atoms with Crippen LogP contribution >= 0.6 is 11.6 Å². The lowest BCUT2D eigenvalue weighted by Crippen LogP contribution is -2.23. The minimum absolute atomic E-state index is 0.138. The number of carbonyl (C=O) groups excluding carboxylic acids is 2. The molecule has 2 aromatic carbocycles. The van der Waals surface area contributed by atoms with Crippen LogP contribution in [0.3, 0.4) is 0 Å². The van der Waals surface area contributed by atoms with Gasteiger partial charge in [-0.15, -0.1) is 0 Å². The highest BCUT2D eigenvalue weighted by atomic mass is 35.5. The molecule has 1 aromatic heterocycles. The minimum Gasteiger partial charge on any atom is -0.465 e. The van der Waals surface area contributed by atoms with Crippen molar-refractivity contribution in [2.75, 3.05) is 7.11 Å². The van der Waals surface area contributed by atoms with Crippen molar-refractivity contribution in [2.24, 2.45) is 0 Å². The van der Waals surface area contributed by atoms with Gasteiger partial charge in [0.1, 0.15) is 0 Å². The first-order valence-electron chi connectivity index (χ1n) is 8.08.